The molecular formula is C24H25N5OS. The lowest BCUT2D eigenvalue weighted by Crippen LogP contribution is -2.27. The number of para-hydroxylation sites is 1. The maximum Gasteiger partial charge on any atom is 0.233 e. The maximum absolute atomic E-state index is 12.6. The number of hydrogen-bond acceptors (Lipinski definition) is 4. The van der Waals surface area contributed by atoms with Crippen LogP contribution in [0.15, 0.2) is 78.2 Å². The molecule has 2 aromatic carbocycles. The third-order valence-corrected chi connectivity index (χ3v) is 5.87. The molecule has 2 heterocycles. The van der Waals surface area contributed by atoms with Crippen molar-refractivity contribution in [2.24, 2.45) is 0 Å². The topological polar surface area (TPSA) is 66.8 Å². The summed E-state index contributed by atoms with van der Waals surface area (Å²) in [7, 11) is 1.82. The van der Waals surface area contributed by atoms with E-state index >= 15 is 0 Å². The van der Waals surface area contributed by atoms with E-state index in [0.29, 0.717) is 12.3 Å². The summed E-state index contributed by atoms with van der Waals surface area (Å²) in [4.78, 5) is 22.3. The summed E-state index contributed by atoms with van der Waals surface area (Å²) < 4.78 is 1.82. The fourth-order valence-electron chi connectivity index (χ4n) is 3.26. The van der Waals surface area contributed by atoms with Crippen LogP contribution >= 0.6 is 11.8 Å². The molecule has 1 N–H and O–H groups in total. The molecule has 0 atom stereocenters. The molecule has 0 radical (unpaired) electrons. The molecule has 4 rings (SSSR count). The number of amides is 1. The summed E-state index contributed by atoms with van der Waals surface area (Å²) in [5, 5.41) is 5.18. The first kappa shape index (κ1) is 20.9. The summed E-state index contributed by atoms with van der Waals surface area (Å²) in [6.07, 6.45) is 4.54. The zero-order chi connectivity index (χ0) is 21.6. The second-order valence-electron chi connectivity index (χ2n) is 7.44. The molecule has 0 fully saturated rings. The highest BCUT2D eigenvalue weighted by Crippen LogP contribution is 2.20. The van der Waals surface area contributed by atoms with Crippen molar-refractivity contribution in [1.82, 2.24) is 24.6 Å². The van der Waals surface area contributed by atoms with E-state index in [9.17, 15) is 4.79 Å². The van der Waals surface area contributed by atoms with Crippen molar-refractivity contribution < 1.29 is 4.79 Å². The standard InChI is InChI=1S/C24H25N5OS/c1-18-22(13-19-9-5-3-6-10-19)27-24(26-18)31-17-23(30)28(2)15-20-14-25-29(16-20)21-11-7-4-8-12-21/h3-12,14,16H,13,15,17H2,1-2H3,(H,26,27). The number of aromatic nitrogens is 4. The summed E-state index contributed by atoms with van der Waals surface area (Å²) >= 11 is 1.44. The fraction of sp³-hybridized carbons (Fsp3) is 0.208. The SMILES string of the molecule is Cc1[nH]c(SCC(=O)N(C)Cc2cnn(-c3ccccc3)c2)nc1Cc1ccccc1. The lowest BCUT2D eigenvalue weighted by Gasteiger charge is -2.15. The number of benzene rings is 2. The van der Waals surface area contributed by atoms with E-state index in [4.69, 9.17) is 0 Å². The van der Waals surface area contributed by atoms with Gasteiger partial charge in [-0.15, -0.1) is 0 Å². The summed E-state index contributed by atoms with van der Waals surface area (Å²) in [5.41, 5.74) is 5.27. The number of aryl methyl sites for hydroxylation is 1. The van der Waals surface area contributed by atoms with Crippen LogP contribution in [0.2, 0.25) is 0 Å². The molecular weight excluding hydrogens is 406 g/mol. The van der Waals surface area contributed by atoms with Crippen LogP contribution in [0.5, 0.6) is 0 Å². The van der Waals surface area contributed by atoms with Gasteiger partial charge in [-0.2, -0.15) is 5.10 Å². The molecule has 0 unspecified atom stereocenters. The molecule has 0 bridgehead atoms. The normalized spacial score (nSPS) is 10.9. The van der Waals surface area contributed by atoms with Gasteiger partial charge in [0.1, 0.15) is 0 Å². The Morgan fingerprint density at radius 2 is 1.77 bits per heavy atom. The Hall–Kier alpha value is -3.32. The van der Waals surface area contributed by atoms with Gasteiger partial charge in [-0.05, 0) is 24.6 Å². The lowest BCUT2D eigenvalue weighted by molar-refractivity contribution is -0.127. The molecule has 31 heavy (non-hydrogen) atoms. The van der Waals surface area contributed by atoms with E-state index < -0.39 is 0 Å². The molecule has 2 aromatic heterocycles. The Morgan fingerprint density at radius 1 is 1.06 bits per heavy atom. The minimum Gasteiger partial charge on any atom is -0.341 e. The molecule has 7 heteroatoms. The smallest absolute Gasteiger partial charge is 0.233 e. The Morgan fingerprint density at radius 3 is 2.52 bits per heavy atom. The first-order chi connectivity index (χ1) is 15.1. The summed E-state index contributed by atoms with van der Waals surface area (Å²) in [5.74, 6) is 0.386. The van der Waals surface area contributed by atoms with Crippen molar-refractivity contribution in [2.45, 2.75) is 25.0 Å². The summed E-state index contributed by atoms with van der Waals surface area (Å²) in [6, 6.07) is 20.2. The van der Waals surface area contributed by atoms with Gasteiger partial charge in [0.2, 0.25) is 5.91 Å². The van der Waals surface area contributed by atoms with E-state index in [-0.39, 0.29) is 5.91 Å². The van der Waals surface area contributed by atoms with Crippen LogP contribution in [0.1, 0.15) is 22.5 Å². The van der Waals surface area contributed by atoms with Crippen LogP contribution in [0.3, 0.4) is 0 Å². The van der Waals surface area contributed by atoms with Gasteiger partial charge >= 0.3 is 0 Å². The zero-order valence-electron chi connectivity index (χ0n) is 17.7. The number of nitrogens with one attached hydrogen (secondary N) is 1. The van der Waals surface area contributed by atoms with Gasteiger partial charge in [-0.25, -0.2) is 9.67 Å². The number of imidazole rings is 1. The number of nitrogens with zero attached hydrogens (tertiary/aromatic N) is 4. The number of carbonyl (C=O) groups excluding carboxylic acids is 1. The number of thioether (sulfide) groups is 1. The largest absolute Gasteiger partial charge is 0.341 e. The Balaban J connectivity index is 1.31. The van der Waals surface area contributed by atoms with Crippen molar-refractivity contribution in [3.05, 3.63) is 95.6 Å². The van der Waals surface area contributed by atoms with E-state index in [2.05, 4.69) is 27.2 Å². The van der Waals surface area contributed by atoms with Crippen LogP contribution in [0.4, 0.5) is 0 Å². The lowest BCUT2D eigenvalue weighted by atomic mass is 10.1. The van der Waals surface area contributed by atoms with Crippen LogP contribution in [-0.4, -0.2) is 43.4 Å². The Kier molecular flexibility index (Phi) is 6.52. The van der Waals surface area contributed by atoms with E-state index in [1.807, 2.05) is 73.4 Å². The average molecular weight is 432 g/mol. The number of aromatic amines is 1. The number of carbonyl (C=O) groups is 1. The van der Waals surface area contributed by atoms with Gasteiger partial charge in [-0.1, -0.05) is 60.3 Å². The predicted molar refractivity (Wildman–Crippen MR) is 123 cm³/mol. The first-order valence-electron chi connectivity index (χ1n) is 10.1. The highest BCUT2D eigenvalue weighted by molar-refractivity contribution is 7.99. The fourth-order valence-corrected chi connectivity index (χ4v) is 4.14. The Labute approximate surface area is 186 Å². The maximum atomic E-state index is 12.6. The third kappa shape index (κ3) is 5.44. The molecule has 1 amide bonds. The minimum absolute atomic E-state index is 0.0520. The molecule has 0 saturated heterocycles. The monoisotopic (exact) mass is 431 g/mol. The highest BCUT2D eigenvalue weighted by atomic mass is 32.2. The van der Waals surface area contributed by atoms with Crippen molar-refractivity contribution in [2.75, 3.05) is 12.8 Å². The summed E-state index contributed by atoms with van der Waals surface area (Å²) in [6.45, 7) is 2.54. The van der Waals surface area contributed by atoms with Gasteiger partial charge in [0.05, 0.1) is 23.3 Å². The highest BCUT2D eigenvalue weighted by Gasteiger charge is 2.14. The first-order valence-corrected chi connectivity index (χ1v) is 11.1. The predicted octanol–water partition coefficient (Wildman–Crippen LogP) is 4.25. The van der Waals surface area contributed by atoms with Gasteiger partial charge in [0, 0.05) is 37.5 Å². The zero-order valence-corrected chi connectivity index (χ0v) is 18.5. The van der Waals surface area contributed by atoms with Gasteiger partial charge in [0.25, 0.3) is 0 Å². The Bertz CT molecular complexity index is 1140. The van der Waals surface area contributed by atoms with E-state index in [0.717, 1.165) is 34.2 Å². The molecule has 4 aromatic rings. The minimum atomic E-state index is 0.0520. The van der Waals surface area contributed by atoms with Crippen LogP contribution in [0, 0.1) is 6.92 Å². The van der Waals surface area contributed by atoms with Gasteiger partial charge < -0.3 is 9.88 Å². The van der Waals surface area contributed by atoms with Crippen LogP contribution in [0.25, 0.3) is 5.69 Å². The van der Waals surface area contributed by atoms with E-state index in [1.165, 1.54) is 17.3 Å². The molecule has 158 valence electrons. The molecule has 6 nitrogen and oxygen atoms in total. The quantitative estimate of drug-likeness (QED) is 0.424. The number of hydrogen-bond donors (Lipinski definition) is 1. The van der Waals surface area contributed by atoms with Crippen molar-refractivity contribution in [3.63, 3.8) is 0 Å². The molecule has 0 saturated carbocycles. The van der Waals surface area contributed by atoms with Crippen LogP contribution < -0.4 is 0 Å². The second kappa shape index (κ2) is 9.66. The number of H-pyrrole nitrogens is 1. The van der Waals surface area contributed by atoms with Crippen LogP contribution in [-0.2, 0) is 17.8 Å². The average Bonchev–Trinajstić information content (AvgIpc) is 3.40. The number of rotatable bonds is 8. The van der Waals surface area contributed by atoms with Crippen molar-refractivity contribution in [3.8, 4) is 5.69 Å². The second-order valence-corrected chi connectivity index (χ2v) is 8.41. The molecule has 0 aliphatic carbocycles. The third-order valence-electron chi connectivity index (χ3n) is 5.01. The van der Waals surface area contributed by atoms with Gasteiger partial charge in [0.15, 0.2) is 5.16 Å². The van der Waals surface area contributed by atoms with Gasteiger partial charge in [-0.3, -0.25) is 4.79 Å². The van der Waals surface area contributed by atoms with E-state index in [1.54, 1.807) is 11.1 Å². The molecule has 0 spiro atoms. The van der Waals surface area contributed by atoms with Crippen molar-refractivity contribution in [1.29, 1.82) is 0 Å². The van der Waals surface area contributed by atoms with Crippen molar-refractivity contribution >= 4 is 17.7 Å². The molecule has 0 aliphatic heterocycles. The molecule has 0 aliphatic rings.